The monoisotopic (exact) mass is 226 g/mol. The van der Waals surface area contributed by atoms with Crippen molar-refractivity contribution in [3.63, 3.8) is 0 Å². The standard InChI is InChI=1S/C12H22N2O2/c1-5-14(6-9(2)3)11(15)12(4)8-16-7-10(12)13/h10H,2,5-8,13H2,1,3-4H3. The zero-order valence-corrected chi connectivity index (χ0v) is 10.5. The zero-order chi connectivity index (χ0) is 12.3. The van der Waals surface area contributed by atoms with Gasteiger partial charge < -0.3 is 15.4 Å². The predicted octanol–water partition coefficient (Wildman–Crippen LogP) is 0.775. The van der Waals surface area contributed by atoms with Gasteiger partial charge in [-0.3, -0.25) is 4.79 Å². The van der Waals surface area contributed by atoms with Gasteiger partial charge in [-0.1, -0.05) is 12.2 Å². The molecule has 1 rings (SSSR count). The number of likely N-dealkylation sites (N-methyl/N-ethyl adjacent to an activating group) is 1. The van der Waals surface area contributed by atoms with E-state index >= 15 is 0 Å². The van der Waals surface area contributed by atoms with Gasteiger partial charge in [0.15, 0.2) is 0 Å². The molecule has 1 aliphatic rings. The first-order chi connectivity index (χ1) is 7.41. The smallest absolute Gasteiger partial charge is 0.232 e. The molecule has 92 valence electrons. The van der Waals surface area contributed by atoms with Crippen LogP contribution in [0.2, 0.25) is 0 Å². The van der Waals surface area contributed by atoms with E-state index < -0.39 is 5.41 Å². The van der Waals surface area contributed by atoms with Crippen molar-refractivity contribution in [1.29, 1.82) is 0 Å². The van der Waals surface area contributed by atoms with E-state index in [-0.39, 0.29) is 11.9 Å². The van der Waals surface area contributed by atoms with Crippen LogP contribution in [0.1, 0.15) is 20.8 Å². The van der Waals surface area contributed by atoms with Gasteiger partial charge >= 0.3 is 0 Å². The number of carbonyl (C=O) groups is 1. The number of ether oxygens (including phenoxy) is 1. The van der Waals surface area contributed by atoms with Crippen LogP contribution in [0.4, 0.5) is 0 Å². The fourth-order valence-corrected chi connectivity index (χ4v) is 1.92. The Morgan fingerprint density at radius 1 is 1.69 bits per heavy atom. The van der Waals surface area contributed by atoms with Gasteiger partial charge in [0.2, 0.25) is 5.91 Å². The Hall–Kier alpha value is -0.870. The van der Waals surface area contributed by atoms with Gasteiger partial charge in [-0.15, -0.1) is 0 Å². The van der Waals surface area contributed by atoms with Crippen molar-refractivity contribution >= 4 is 5.91 Å². The van der Waals surface area contributed by atoms with E-state index in [1.807, 2.05) is 20.8 Å². The third-order valence-corrected chi connectivity index (χ3v) is 3.14. The minimum absolute atomic E-state index is 0.0722. The zero-order valence-electron chi connectivity index (χ0n) is 10.5. The third kappa shape index (κ3) is 2.44. The van der Waals surface area contributed by atoms with Crippen LogP contribution in [0.3, 0.4) is 0 Å². The van der Waals surface area contributed by atoms with Gasteiger partial charge in [-0.25, -0.2) is 0 Å². The molecule has 2 atom stereocenters. The van der Waals surface area contributed by atoms with Gasteiger partial charge in [0.25, 0.3) is 0 Å². The van der Waals surface area contributed by atoms with E-state index in [2.05, 4.69) is 6.58 Å². The third-order valence-electron chi connectivity index (χ3n) is 3.14. The van der Waals surface area contributed by atoms with Crippen molar-refractivity contribution in [3.8, 4) is 0 Å². The van der Waals surface area contributed by atoms with Crippen LogP contribution >= 0.6 is 0 Å². The van der Waals surface area contributed by atoms with E-state index in [4.69, 9.17) is 10.5 Å². The Labute approximate surface area is 97.4 Å². The van der Waals surface area contributed by atoms with Crippen LogP contribution < -0.4 is 5.73 Å². The maximum absolute atomic E-state index is 12.4. The molecule has 1 aliphatic heterocycles. The lowest BCUT2D eigenvalue weighted by Crippen LogP contribution is -2.51. The summed E-state index contributed by atoms with van der Waals surface area (Å²) in [5, 5.41) is 0. The molecule has 0 saturated carbocycles. The van der Waals surface area contributed by atoms with E-state index in [1.165, 1.54) is 0 Å². The molecule has 2 N–H and O–H groups in total. The summed E-state index contributed by atoms with van der Waals surface area (Å²) in [6.07, 6.45) is 0. The predicted molar refractivity (Wildman–Crippen MR) is 64.0 cm³/mol. The number of rotatable bonds is 4. The summed E-state index contributed by atoms with van der Waals surface area (Å²) < 4.78 is 5.30. The summed E-state index contributed by atoms with van der Waals surface area (Å²) in [6.45, 7) is 11.8. The maximum Gasteiger partial charge on any atom is 0.232 e. The molecule has 0 aromatic carbocycles. The molecule has 16 heavy (non-hydrogen) atoms. The second-order valence-electron chi connectivity index (χ2n) is 4.82. The molecular formula is C12H22N2O2. The van der Waals surface area contributed by atoms with E-state index in [1.54, 1.807) is 4.90 Å². The Morgan fingerprint density at radius 2 is 2.31 bits per heavy atom. The van der Waals surface area contributed by atoms with Gasteiger partial charge in [-0.2, -0.15) is 0 Å². The molecule has 0 aliphatic carbocycles. The minimum Gasteiger partial charge on any atom is -0.379 e. The van der Waals surface area contributed by atoms with E-state index in [9.17, 15) is 4.79 Å². The average Bonchev–Trinajstić information content (AvgIpc) is 2.56. The van der Waals surface area contributed by atoms with Crippen molar-refractivity contribution < 1.29 is 9.53 Å². The van der Waals surface area contributed by atoms with Crippen LogP contribution in [0, 0.1) is 5.41 Å². The highest BCUT2D eigenvalue weighted by atomic mass is 16.5. The molecule has 1 amide bonds. The van der Waals surface area contributed by atoms with Crippen LogP contribution in [0.25, 0.3) is 0 Å². The van der Waals surface area contributed by atoms with Crippen LogP contribution in [-0.4, -0.2) is 43.2 Å². The molecule has 1 saturated heterocycles. The van der Waals surface area contributed by atoms with Crippen molar-refractivity contribution in [1.82, 2.24) is 4.90 Å². The van der Waals surface area contributed by atoms with Crippen molar-refractivity contribution in [3.05, 3.63) is 12.2 Å². The molecule has 4 heteroatoms. The van der Waals surface area contributed by atoms with Crippen LogP contribution in [0.15, 0.2) is 12.2 Å². The molecule has 0 aromatic heterocycles. The highest BCUT2D eigenvalue weighted by molar-refractivity contribution is 5.84. The van der Waals surface area contributed by atoms with E-state index in [0.717, 1.165) is 5.57 Å². The van der Waals surface area contributed by atoms with Gasteiger partial charge in [-0.05, 0) is 20.8 Å². The molecule has 0 aromatic rings. The summed E-state index contributed by atoms with van der Waals surface area (Å²) in [5.74, 6) is 0.0722. The molecule has 4 nitrogen and oxygen atoms in total. The number of carbonyl (C=O) groups excluding carboxylic acids is 1. The second-order valence-corrected chi connectivity index (χ2v) is 4.82. The number of nitrogens with zero attached hydrogens (tertiary/aromatic N) is 1. The summed E-state index contributed by atoms with van der Waals surface area (Å²) in [6, 6.07) is -0.209. The maximum atomic E-state index is 12.4. The molecule has 1 heterocycles. The first-order valence-corrected chi connectivity index (χ1v) is 5.69. The van der Waals surface area contributed by atoms with Crippen molar-refractivity contribution in [2.75, 3.05) is 26.3 Å². The first-order valence-electron chi connectivity index (χ1n) is 5.69. The number of hydrogen-bond donors (Lipinski definition) is 1. The molecule has 0 radical (unpaired) electrons. The summed E-state index contributed by atoms with van der Waals surface area (Å²) in [7, 11) is 0. The second kappa shape index (κ2) is 4.97. The number of nitrogens with two attached hydrogens (primary N) is 1. The van der Waals surface area contributed by atoms with Gasteiger partial charge in [0, 0.05) is 19.1 Å². The van der Waals surface area contributed by atoms with Gasteiger partial charge in [0.05, 0.1) is 18.6 Å². The van der Waals surface area contributed by atoms with Crippen LogP contribution in [-0.2, 0) is 9.53 Å². The number of hydrogen-bond acceptors (Lipinski definition) is 3. The lowest BCUT2D eigenvalue weighted by molar-refractivity contribution is -0.141. The highest BCUT2D eigenvalue weighted by Gasteiger charge is 2.46. The molecular weight excluding hydrogens is 204 g/mol. The Morgan fingerprint density at radius 3 is 2.69 bits per heavy atom. The average molecular weight is 226 g/mol. The Bertz CT molecular complexity index is 291. The van der Waals surface area contributed by atoms with Crippen LogP contribution in [0.5, 0.6) is 0 Å². The molecule has 2 unspecified atom stereocenters. The summed E-state index contributed by atoms with van der Waals surface area (Å²) >= 11 is 0. The Kier molecular flexibility index (Phi) is 4.10. The largest absolute Gasteiger partial charge is 0.379 e. The fourth-order valence-electron chi connectivity index (χ4n) is 1.92. The summed E-state index contributed by atoms with van der Waals surface area (Å²) in [5.41, 5.74) is 6.34. The summed E-state index contributed by atoms with van der Waals surface area (Å²) in [4.78, 5) is 14.2. The highest BCUT2D eigenvalue weighted by Crippen LogP contribution is 2.29. The molecule has 0 bridgehead atoms. The molecule has 0 spiro atoms. The molecule has 1 fully saturated rings. The SMILES string of the molecule is C=C(C)CN(CC)C(=O)C1(C)COCC1N. The lowest BCUT2D eigenvalue weighted by Gasteiger charge is -2.32. The fraction of sp³-hybridized carbons (Fsp3) is 0.750. The van der Waals surface area contributed by atoms with Gasteiger partial charge in [0.1, 0.15) is 0 Å². The topological polar surface area (TPSA) is 55.6 Å². The lowest BCUT2D eigenvalue weighted by atomic mass is 9.84. The van der Waals surface area contributed by atoms with Crippen molar-refractivity contribution in [2.24, 2.45) is 11.1 Å². The van der Waals surface area contributed by atoms with E-state index in [0.29, 0.717) is 26.3 Å². The van der Waals surface area contributed by atoms with Crippen molar-refractivity contribution in [2.45, 2.75) is 26.8 Å². The number of amides is 1. The first kappa shape index (κ1) is 13.2. The Balaban J connectivity index is 2.78. The normalized spacial score (nSPS) is 29.1. The quantitative estimate of drug-likeness (QED) is 0.721. The minimum atomic E-state index is -0.578.